The number of aromatic nitrogens is 2. The van der Waals surface area contributed by atoms with Crippen molar-refractivity contribution >= 4 is 70.7 Å². The van der Waals surface area contributed by atoms with Gasteiger partial charge in [-0.05, 0) is 98.4 Å². The molecule has 0 bridgehead atoms. The fourth-order valence-electron chi connectivity index (χ4n) is 8.56. The van der Waals surface area contributed by atoms with Crippen LogP contribution in [0.15, 0.2) is 219 Å². The van der Waals surface area contributed by atoms with Crippen LogP contribution in [-0.2, 0) is 0 Å². The molecule has 8 aromatic carbocycles. The topological polar surface area (TPSA) is 9.86 Å². The van der Waals surface area contributed by atoms with Gasteiger partial charge in [-0.3, -0.25) is 0 Å². The molecule has 0 aliphatic heterocycles. The number of allylic oxidation sites excluding steroid dienone is 4. The van der Waals surface area contributed by atoms with Crippen molar-refractivity contribution in [2.75, 3.05) is 0 Å². The van der Waals surface area contributed by atoms with Crippen LogP contribution in [-0.4, -0.2) is 9.13 Å². The molecule has 0 saturated heterocycles. The van der Waals surface area contributed by atoms with Crippen molar-refractivity contribution in [2.24, 2.45) is 0 Å². The third kappa shape index (κ3) is 5.42. The van der Waals surface area contributed by atoms with E-state index in [9.17, 15) is 0 Å². The molecule has 0 spiro atoms. The average molecular weight is 715 g/mol. The summed E-state index contributed by atoms with van der Waals surface area (Å²) in [7, 11) is 0. The van der Waals surface area contributed by atoms with Crippen molar-refractivity contribution in [2.45, 2.75) is 0 Å². The first-order chi connectivity index (χ1) is 27.7. The number of nitrogens with zero attached hydrogens (tertiary/aromatic N) is 2. The van der Waals surface area contributed by atoms with Gasteiger partial charge in [-0.25, -0.2) is 0 Å². The lowest BCUT2D eigenvalue weighted by molar-refractivity contribution is 1.15. The zero-order chi connectivity index (χ0) is 37.6. The van der Waals surface area contributed by atoms with E-state index in [2.05, 4.69) is 210 Å². The predicted molar refractivity (Wildman–Crippen MR) is 242 cm³/mol. The lowest BCUT2D eigenvalue weighted by Gasteiger charge is -2.16. The number of para-hydroxylation sites is 2. The van der Waals surface area contributed by atoms with E-state index in [0.29, 0.717) is 0 Å². The molecule has 10 rings (SSSR count). The molecule has 0 N–H and O–H groups in total. The van der Waals surface area contributed by atoms with Gasteiger partial charge in [0.15, 0.2) is 0 Å². The summed E-state index contributed by atoms with van der Waals surface area (Å²) >= 11 is 0. The minimum atomic E-state index is 1.02. The molecule has 2 heterocycles. The second-order valence-electron chi connectivity index (χ2n) is 14.2. The summed E-state index contributed by atoms with van der Waals surface area (Å²) in [4.78, 5) is 0. The first-order valence-corrected chi connectivity index (χ1v) is 19.1. The summed E-state index contributed by atoms with van der Waals surface area (Å²) in [5.74, 6) is 0. The van der Waals surface area contributed by atoms with Gasteiger partial charge < -0.3 is 9.13 Å². The highest BCUT2D eigenvalue weighted by atomic mass is 15.0. The van der Waals surface area contributed by atoms with Gasteiger partial charge in [-0.15, -0.1) is 0 Å². The molecule has 0 fully saturated rings. The van der Waals surface area contributed by atoms with E-state index in [1.54, 1.807) is 0 Å². The highest BCUT2D eigenvalue weighted by molar-refractivity contribution is 6.20. The Labute approximate surface area is 326 Å². The van der Waals surface area contributed by atoms with Crippen LogP contribution in [0.4, 0.5) is 0 Å². The second-order valence-corrected chi connectivity index (χ2v) is 14.2. The fourth-order valence-corrected chi connectivity index (χ4v) is 8.56. The summed E-state index contributed by atoms with van der Waals surface area (Å²) in [5.41, 5.74) is 11.2. The molecule has 264 valence electrons. The van der Waals surface area contributed by atoms with Gasteiger partial charge in [0, 0.05) is 32.9 Å². The first-order valence-electron chi connectivity index (χ1n) is 19.1. The van der Waals surface area contributed by atoms with Crippen molar-refractivity contribution in [1.82, 2.24) is 9.13 Å². The van der Waals surface area contributed by atoms with E-state index in [1.807, 2.05) is 18.2 Å². The summed E-state index contributed by atoms with van der Waals surface area (Å²) in [5, 5.41) is 9.47. The Hall–Kier alpha value is -7.42. The molecule has 2 aromatic heterocycles. The zero-order valence-electron chi connectivity index (χ0n) is 30.9. The molecule has 0 aliphatic rings. The molecule has 0 saturated carbocycles. The Bertz CT molecular complexity index is 3270. The Kier molecular flexibility index (Phi) is 8.16. The van der Waals surface area contributed by atoms with Crippen LogP contribution >= 0.6 is 0 Å². The van der Waals surface area contributed by atoms with E-state index in [4.69, 9.17) is 0 Å². The van der Waals surface area contributed by atoms with Gasteiger partial charge in [0.1, 0.15) is 0 Å². The van der Waals surface area contributed by atoms with E-state index in [-0.39, 0.29) is 0 Å². The Morgan fingerprint density at radius 3 is 1.54 bits per heavy atom. The van der Waals surface area contributed by atoms with Gasteiger partial charge in [0.2, 0.25) is 0 Å². The number of hydrogen-bond donors (Lipinski definition) is 0. The molecule has 0 atom stereocenters. The number of benzene rings is 8. The molecule has 56 heavy (non-hydrogen) atoms. The molecular weight excluding hydrogens is 677 g/mol. The normalized spacial score (nSPS) is 11.8. The van der Waals surface area contributed by atoms with Crippen LogP contribution in [0.5, 0.6) is 0 Å². The number of rotatable bonds is 6. The quantitative estimate of drug-likeness (QED) is 0.152. The first kappa shape index (κ1) is 33.2. The van der Waals surface area contributed by atoms with Crippen molar-refractivity contribution in [1.29, 1.82) is 0 Å². The van der Waals surface area contributed by atoms with Gasteiger partial charge in [-0.1, -0.05) is 165 Å². The summed E-state index contributed by atoms with van der Waals surface area (Å²) in [6, 6.07) is 68.5. The zero-order valence-corrected chi connectivity index (χ0v) is 30.9. The van der Waals surface area contributed by atoms with Crippen molar-refractivity contribution in [3.05, 3.63) is 225 Å². The van der Waals surface area contributed by atoms with E-state index >= 15 is 0 Å². The molecule has 2 heteroatoms. The van der Waals surface area contributed by atoms with Crippen molar-refractivity contribution < 1.29 is 0 Å². The standard InChI is InChI=1S/C54H38N2/c1-3-17-37(4-2)39-28-32-52-49(34-39)45-24-13-11-22-43(45)44-23-12-14-25-46(44)50-35-40(38-18-7-5-8-19-38)29-33-53(50)56(52)42-30-31-48-47-26-15-16-27-51(47)55(54(48)36-42)41-20-9-6-10-21-41/h3-36H,1-2H2/b37-17+. The maximum Gasteiger partial charge on any atom is 0.0561 e. The van der Waals surface area contributed by atoms with Gasteiger partial charge in [-0.2, -0.15) is 0 Å². The molecule has 0 aliphatic carbocycles. The molecule has 10 aromatic rings. The third-order valence-electron chi connectivity index (χ3n) is 11.1. The van der Waals surface area contributed by atoms with Gasteiger partial charge >= 0.3 is 0 Å². The lowest BCUT2D eigenvalue weighted by atomic mass is 9.98. The Morgan fingerprint density at radius 2 is 0.875 bits per heavy atom. The summed E-state index contributed by atoms with van der Waals surface area (Å²) in [6.45, 7) is 8.17. The smallest absolute Gasteiger partial charge is 0.0561 e. The number of fused-ring (bicyclic) bond motifs is 10. The van der Waals surface area contributed by atoms with Crippen molar-refractivity contribution in [3.8, 4) is 22.5 Å². The van der Waals surface area contributed by atoms with E-state index in [0.717, 1.165) is 49.8 Å². The Balaban J connectivity index is 1.45. The maximum atomic E-state index is 4.17. The molecule has 0 amide bonds. The minimum absolute atomic E-state index is 1.02. The van der Waals surface area contributed by atoms with Crippen LogP contribution in [0, 0.1) is 0 Å². The Morgan fingerprint density at radius 1 is 0.357 bits per heavy atom. The largest absolute Gasteiger partial charge is 0.309 e. The van der Waals surface area contributed by atoms with Crippen LogP contribution in [0.25, 0.3) is 93.2 Å². The minimum Gasteiger partial charge on any atom is -0.309 e. The predicted octanol–water partition coefficient (Wildman–Crippen LogP) is 14.7. The van der Waals surface area contributed by atoms with Crippen LogP contribution < -0.4 is 0 Å². The van der Waals surface area contributed by atoms with E-state index in [1.165, 1.54) is 49.0 Å². The highest BCUT2D eigenvalue weighted by Crippen LogP contribution is 2.39. The van der Waals surface area contributed by atoms with Gasteiger partial charge in [0.25, 0.3) is 0 Å². The summed E-state index contributed by atoms with van der Waals surface area (Å²) in [6.07, 6.45) is 5.77. The molecule has 0 radical (unpaired) electrons. The molecule has 2 nitrogen and oxygen atoms in total. The fraction of sp³-hybridized carbons (Fsp3) is 0. The molecular formula is C54H38N2. The second kappa shape index (κ2) is 13.8. The van der Waals surface area contributed by atoms with Crippen LogP contribution in [0.1, 0.15) is 5.56 Å². The average Bonchev–Trinajstić information content (AvgIpc) is 3.61. The SMILES string of the molecule is C=C/C=C(\C=C)c1ccc2c(c1)c1ccccc1c1ccccc1c1cc(-c3ccccc3)ccc1n2-c1ccc2c3ccccc3n(-c3ccccc3)c2c1. The summed E-state index contributed by atoms with van der Waals surface area (Å²) < 4.78 is 4.87. The highest BCUT2D eigenvalue weighted by Gasteiger charge is 2.17. The maximum absolute atomic E-state index is 4.17. The number of hydrogen-bond acceptors (Lipinski definition) is 0. The van der Waals surface area contributed by atoms with Crippen LogP contribution in [0.3, 0.4) is 0 Å². The van der Waals surface area contributed by atoms with E-state index < -0.39 is 0 Å². The van der Waals surface area contributed by atoms with Gasteiger partial charge in [0.05, 0.1) is 22.1 Å². The van der Waals surface area contributed by atoms with Crippen LogP contribution in [0.2, 0.25) is 0 Å². The monoisotopic (exact) mass is 714 g/mol. The lowest BCUT2D eigenvalue weighted by Crippen LogP contribution is -2.00. The third-order valence-corrected chi connectivity index (χ3v) is 11.1. The van der Waals surface area contributed by atoms with Crippen molar-refractivity contribution in [3.63, 3.8) is 0 Å². The molecule has 0 unspecified atom stereocenters.